The van der Waals surface area contributed by atoms with Crippen LogP contribution in [-0.4, -0.2) is 48.1 Å². The number of thiazole rings is 1. The molecule has 0 aliphatic carbocycles. The van der Waals surface area contributed by atoms with Crippen LogP contribution in [0, 0.1) is 0 Å². The highest BCUT2D eigenvalue weighted by atomic mass is 32.1. The molecule has 1 fully saturated rings. The third kappa shape index (κ3) is 3.75. The van der Waals surface area contributed by atoms with Crippen molar-refractivity contribution in [3.8, 4) is 0 Å². The molecule has 0 bridgehead atoms. The fourth-order valence-electron chi connectivity index (χ4n) is 2.50. The van der Waals surface area contributed by atoms with E-state index < -0.39 is 0 Å². The molecule has 5 nitrogen and oxygen atoms in total. The SMILES string of the molecule is CCc1ncc(CNc2ccc(N3CCN(C)CC3)nc2)s1. The van der Waals surface area contributed by atoms with Crippen LogP contribution >= 0.6 is 11.3 Å². The Bertz CT molecular complexity index is 587. The molecule has 0 unspecified atom stereocenters. The summed E-state index contributed by atoms with van der Waals surface area (Å²) < 4.78 is 0. The summed E-state index contributed by atoms with van der Waals surface area (Å²) in [6.45, 7) is 7.26. The number of likely N-dealkylation sites (N-methyl/N-ethyl adjacent to an activating group) is 1. The van der Waals surface area contributed by atoms with E-state index in [1.807, 2.05) is 12.4 Å². The molecule has 1 aliphatic heterocycles. The average Bonchev–Trinajstić information content (AvgIpc) is 3.02. The van der Waals surface area contributed by atoms with Crippen molar-refractivity contribution >= 4 is 22.8 Å². The van der Waals surface area contributed by atoms with E-state index in [-0.39, 0.29) is 0 Å². The summed E-state index contributed by atoms with van der Waals surface area (Å²) in [5.74, 6) is 1.07. The van der Waals surface area contributed by atoms with Crippen LogP contribution in [0.5, 0.6) is 0 Å². The van der Waals surface area contributed by atoms with E-state index in [1.165, 1.54) is 9.88 Å². The minimum atomic E-state index is 0.813. The lowest BCUT2D eigenvalue weighted by atomic mass is 10.3. The third-order valence-corrected chi connectivity index (χ3v) is 5.09. The van der Waals surface area contributed by atoms with Gasteiger partial charge in [0.15, 0.2) is 0 Å². The molecule has 0 amide bonds. The first-order valence-corrected chi connectivity index (χ1v) is 8.63. The van der Waals surface area contributed by atoms with Crippen LogP contribution in [-0.2, 0) is 13.0 Å². The summed E-state index contributed by atoms with van der Waals surface area (Å²) in [4.78, 5) is 14.9. The van der Waals surface area contributed by atoms with Gasteiger partial charge in [-0.05, 0) is 25.6 Å². The highest BCUT2D eigenvalue weighted by Crippen LogP contribution is 2.18. The molecule has 1 N–H and O–H groups in total. The van der Waals surface area contributed by atoms with Gasteiger partial charge < -0.3 is 15.1 Å². The van der Waals surface area contributed by atoms with Crippen LogP contribution in [0.4, 0.5) is 11.5 Å². The van der Waals surface area contributed by atoms with Gasteiger partial charge in [0.25, 0.3) is 0 Å². The highest BCUT2D eigenvalue weighted by Gasteiger charge is 2.14. The van der Waals surface area contributed by atoms with Crippen LogP contribution in [0.2, 0.25) is 0 Å². The average molecular weight is 317 g/mol. The number of nitrogens with zero attached hydrogens (tertiary/aromatic N) is 4. The molecule has 0 atom stereocenters. The molecule has 3 rings (SSSR count). The van der Waals surface area contributed by atoms with E-state index >= 15 is 0 Å². The Morgan fingerprint density at radius 3 is 2.59 bits per heavy atom. The molecule has 0 aromatic carbocycles. The molecule has 22 heavy (non-hydrogen) atoms. The minimum absolute atomic E-state index is 0.813. The van der Waals surface area contributed by atoms with Gasteiger partial charge in [-0.25, -0.2) is 9.97 Å². The Balaban J connectivity index is 1.55. The van der Waals surface area contributed by atoms with E-state index in [1.54, 1.807) is 11.3 Å². The maximum absolute atomic E-state index is 4.59. The lowest BCUT2D eigenvalue weighted by molar-refractivity contribution is 0.312. The summed E-state index contributed by atoms with van der Waals surface area (Å²) >= 11 is 1.77. The summed E-state index contributed by atoms with van der Waals surface area (Å²) in [6, 6.07) is 4.22. The molecule has 3 heterocycles. The van der Waals surface area contributed by atoms with Crippen LogP contribution < -0.4 is 10.2 Å². The van der Waals surface area contributed by atoms with Gasteiger partial charge in [-0.2, -0.15) is 0 Å². The van der Waals surface area contributed by atoms with Crippen LogP contribution in [0.25, 0.3) is 0 Å². The molecule has 0 radical (unpaired) electrons. The molecule has 0 spiro atoms. The number of aromatic nitrogens is 2. The molecule has 1 aliphatic rings. The zero-order valence-corrected chi connectivity index (χ0v) is 14.1. The molecule has 6 heteroatoms. The molecule has 2 aromatic rings. The quantitative estimate of drug-likeness (QED) is 0.918. The van der Waals surface area contributed by atoms with E-state index in [9.17, 15) is 0 Å². The van der Waals surface area contributed by atoms with Crippen LogP contribution in [0.3, 0.4) is 0 Å². The van der Waals surface area contributed by atoms with Crippen molar-refractivity contribution in [1.29, 1.82) is 0 Å². The zero-order chi connectivity index (χ0) is 15.4. The smallest absolute Gasteiger partial charge is 0.128 e. The fraction of sp³-hybridized carbons (Fsp3) is 0.500. The lowest BCUT2D eigenvalue weighted by Crippen LogP contribution is -2.44. The number of pyridine rings is 1. The summed E-state index contributed by atoms with van der Waals surface area (Å²) in [6.07, 6.45) is 4.89. The first-order chi connectivity index (χ1) is 10.7. The predicted molar refractivity (Wildman–Crippen MR) is 92.8 cm³/mol. The van der Waals surface area contributed by atoms with Crippen molar-refractivity contribution in [2.45, 2.75) is 19.9 Å². The highest BCUT2D eigenvalue weighted by molar-refractivity contribution is 7.11. The van der Waals surface area contributed by atoms with E-state index in [0.717, 1.165) is 50.6 Å². The second kappa shape index (κ2) is 7.07. The van der Waals surface area contributed by atoms with Crippen LogP contribution in [0.1, 0.15) is 16.8 Å². The monoisotopic (exact) mass is 317 g/mol. The van der Waals surface area contributed by atoms with Crippen LogP contribution in [0.15, 0.2) is 24.5 Å². The standard InChI is InChI=1S/C16H23N5S/c1-3-16-19-12-14(22-16)11-17-13-4-5-15(18-10-13)21-8-6-20(2)7-9-21/h4-5,10,12,17H,3,6-9,11H2,1-2H3. The Kier molecular flexibility index (Phi) is 4.90. The van der Waals surface area contributed by atoms with E-state index in [4.69, 9.17) is 0 Å². The van der Waals surface area contributed by atoms with Gasteiger partial charge in [-0.1, -0.05) is 6.92 Å². The fourth-order valence-corrected chi connectivity index (χ4v) is 3.30. The predicted octanol–water partition coefficient (Wildman–Crippen LogP) is 2.46. The number of nitrogens with one attached hydrogen (secondary N) is 1. The molecule has 118 valence electrons. The van der Waals surface area contributed by atoms with Gasteiger partial charge in [0.1, 0.15) is 5.82 Å². The summed E-state index contributed by atoms with van der Waals surface area (Å²) in [7, 11) is 2.17. The van der Waals surface area contributed by atoms with Gasteiger partial charge in [0.2, 0.25) is 0 Å². The number of aryl methyl sites for hydroxylation is 1. The molecule has 1 saturated heterocycles. The van der Waals surface area contributed by atoms with Gasteiger partial charge in [0.05, 0.1) is 23.4 Å². The van der Waals surface area contributed by atoms with E-state index in [0.29, 0.717) is 0 Å². The third-order valence-electron chi connectivity index (χ3n) is 3.95. The zero-order valence-electron chi connectivity index (χ0n) is 13.2. The number of hydrogen-bond donors (Lipinski definition) is 1. The molecular weight excluding hydrogens is 294 g/mol. The van der Waals surface area contributed by atoms with Crippen molar-refractivity contribution in [3.63, 3.8) is 0 Å². The number of anilines is 2. The Morgan fingerprint density at radius 2 is 1.95 bits per heavy atom. The largest absolute Gasteiger partial charge is 0.379 e. The van der Waals surface area contributed by atoms with Crippen molar-refractivity contribution in [2.75, 3.05) is 43.4 Å². The van der Waals surface area contributed by atoms with Crippen molar-refractivity contribution in [1.82, 2.24) is 14.9 Å². The van der Waals surface area contributed by atoms with Gasteiger partial charge in [-0.3, -0.25) is 0 Å². The number of piperazine rings is 1. The second-order valence-corrected chi connectivity index (χ2v) is 6.82. The first kappa shape index (κ1) is 15.2. The Labute approximate surface area is 136 Å². The van der Waals surface area contributed by atoms with Crippen molar-refractivity contribution in [3.05, 3.63) is 34.4 Å². The second-order valence-electron chi connectivity index (χ2n) is 5.62. The number of hydrogen-bond acceptors (Lipinski definition) is 6. The Morgan fingerprint density at radius 1 is 1.14 bits per heavy atom. The van der Waals surface area contributed by atoms with Gasteiger partial charge in [-0.15, -0.1) is 11.3 Å². The normalized spacial score (nSPS) is 16.0. The molecular formula is C16H23N5S. The van der Waals surface area contributed by atoms with E-state index in [2.05, 4.69) is 51.2 Å². The Hall–Kier alpha value is -1.66. The van der Waals surface area contributed by atoms with Crippen molar-refractivity contribution < 1.29 is 0 Å². The minimum Gasteiger partial charge on any atom is -0.379 e. The summed E-state index contributed by atoms with van der Waals surface area (Å²) in [5.41, 5.74) is 1.06. The number of rotatable bonds is 5. The summed E-state index contributed by atoms with van der Waals surface area (Å²) in [5, 5.41) is 4.61. The molecule has 2 aromatic heterocycles. The molecule has 0 saturated carbocycles. The maximum atomic E-state index is 4.59. The topological polar surface area (TPSA) is 44.3 Å². The van der Waals surface area contributed by atoms with Gasteiger partial charge in [0, 0.05) is 37.3 Å². The van der Waals surface area contributed by atoms with Crippen molar-refractivity contribution in [2.24, 2.45) is 0 Å². The lowest BCUT2D eigenvalue weighted by Gasteiger charge is -2.33. The first-order valence-electron chi connectivity index (χ1n) is 7.81. The van der Waals surface area contributed by atoms with Gasteiger partial charge >= 0.3 is 0 Å². The maximum Gasteiger partial charge on any atom is 0.128 e.